The first kappa shape index (κ1) is 16.5. The van der Waals surface area contributed by atoms with Gasteiger partial charge in [-0.25, -0.2) is 4.79 Å². The molecule has 3 nitrogen and oxygen atoms in total. The predicted octanol–water partition coefficient (Wildman–Crippen LogP) is 4.72. The summed E-state index contributed by atoms with van der Waals surface area (Å²) in [7, 11) is 0. The van der Waals surface area contributed by atoms with E-state index >= 15 is 0 Å². The topological polar surface area (TPSA) is 38.7 Å². The first-order valence-electron chi connectivity index (χ1n) is 6.81. The van der Waals surface area contributed by atoms with E-state index in [9.17, 15) is 4.79 Å². The van der Waals surface area contributed by atoms with Gasteiger partial charge in [-0.3, -0.25) is 4.99 Å². The predicted molar refractivity (Wildman–Crippen MR) is 89.9 cm³/mol. The Morgan fingerprint density at radius 3 is 2.55 bits per heavy atom. The molecule has 0 aromatic heterocycles. The van der Waals surface area contributed by atoms with E-state index in [1.165, 1.54) is 0 Å². The zero-order valence-corrected chi connectivity index (χ0v) is 13.5. The zero-order chi connectivity index (χ0) is 15.9. The summed E-state index contributed by atoms with van der Waals surface area (Å²) in [5.41, 5.74) is 1.54. The molecule has 1 unspecified atom stereocenters. The highest BCUT2D eigenvalue weighted by Crippen LogP contribution is 2.28. The molecule has 2 aromatic carbocycles. The Labute approximate surface area is 139 Å². The molecule has 0 radical (unpaired) electrons. The molecule has 0 bridgehead atoms. The SMILES string of the molecule is CCOC(=O)C(N=Cc1ccccc1)c1ccc(Cl)c(Cl)c1. The minimum Gasteiger partial charge on any atom is -0.464 e. The number of aliphatic imine (C=N–C) groups is 1. The molecular weight excluding hydrogens is 321 g/mol. The van der Waals surface area contributed by atoms with Gasteiger partial charge >= 0.3 is 5.97 Å². The third-order valence-electron chi connectivity index (χ3n) is 2.94. The maximum absolute atomic E-state index is 12.1. The molecule has 0 aliphatic rings. The fraction of sp³-hybridized carbons (Fsp3) is 0.176. The van der Waals surface area contributed by atoms with E-state index < -0.39 is 12.0 Å². The number of benzene rings is 2. The van der Waals surface area contributed by atoms with Crippen molar-refractivity contribution in [2.24, 2.45) is 4.99 Å². The molecule has 22 heavy (non-hydrogen) atoms. The number of halogens is 2. The van der Waals surface area contributed by atoms with Gasteiger partial charge in [-0.05, 0) is 30.2 Å². The summed E-state index contributed by atoms with van der Waals surface area (Å²) in [4.78, 5) is 16.5. The number of rotatable bonds is 5. The molecular formula is C17H15Cl2NO2. The van der Waals surface area contributed by atoms with Gasteiger partial charge in [-0.2, -0.15) is 0 Å². The number of hydrogen-bond acceptors (Lipinski definition) is 3. The van der Waals surface area contributed by atoms with Crippen molar-refractivity contribution in [1.82, 2.24) is 0 Å². The van der Waals surface area contributed by atoms with E-state index in [0.717, 1.165) is 5.56 Å². The third-order valence-corrected chi connectivity index (χ3v) is 3.68. The lowest BCUT2D eigenvalue weighted by molar-refractivity contribution is -0.144. The van der Waals surface area contributed by atoms with Crippen LogP contribution in [0.3, 0.4) is 0 Å². The van der Waals surface area contributed by atoms with E-state index in [4.69, 9.17) is 27.9 Å². The minimum absolute atomic E-state index is 0.289. The zero-order valence-electron chi connectivity index (χ0n) is 12.0. The molecule has 0 fully saturated rings. The van der Waals surface area contributed by atoms with Crippen LogP contribution < -0.4 is 0 Å². The van der Waals surface area contributed by atoms with Crippen molar-refractivity contribution in [2.75, 3.05) is 6.61 Å². The molecule has 0 amide bonds. The van der Waals surface area contributed by atoms with E-state index in [1.807, 2.05) is 30.3 Å². The monoisotopic (exact) mass is 335 g/mol. The largest absolute Gasteiger partial charge is 0.464 e. The van der Waals surface area contributed by atoms with Gasteiger partial charge in [0.05, 0.1) is 16.7 Å². The first-order chi connectivity index (χ1) is 10.6. The first-order valence-corrected chi connectivity index (χ1v) is 7.57. The molecule has 0 aliphatic carbocycles. The number of ether oxygens (including phenoxy) is 1. The van der Waals surface area contributed by atoms with Gasteiger partial charge in [-0.1, -0.05) is 59.6 Å². The molecule has 0 saturated heterocycles. The van der Waals surface area contributed by atoms with Crippen LogP contribution in [-0.4, -0.2) is 18.8 Å². The number of hydrogen-bond donors (Lipinski definition) is 0. The molecule has 0 spiro atoms. The molecule has 0 heterocycles. The van der Waals surface area contributed by atoms with Crippen LogP contribution in [0, 0.1) is 0 Å². The smallest absolute Gasteiger partial charge is 0.335 e. The summed E-state index contributed by atoms with van der Waals surface area (Å²) >= 11 is 11.9. The standard InChI is InChI=1S/C17H15Cl2NO2/c1-2-22-17(21)16(13-8-9-14(18)15(19)10-13)20-11-12-6-4-3-5-7-12/h3-11,16H,2H2,1H3. The summed E-state index contributed by atoms with van der Waals surface area (Å²) in [6, 6.07) is 13.8. The van der Waals surface area contributed by atoms with Crippen molar-refractivity contribution in [3.8, 4) is 0 Å². The number of carbonyl (C=O) groups excluding carboxylic acids is 1. The van der Waals surface area contributed by atoms with Crippen molar-refractivity contribution < 1.29 is 9.53 Å². The highest BCUT2D eigenvalue weighted by molar-refractivity contribution is 6.42. The van der Waals surface area contributed by atoms with Crippen molar-refractivity contribution in [3.63, 3.8) is 0 Å². The molecule has 0 N–H and O–H groups in total. The van der Waals surface area contributed by atoms with E-state index in [0.29, 0.717) is 15.6 Å². The van der Waals surface area contributed by atoms with Gasteiger partial charge in [0, 0.05) is 6.21 Å². The minimum atomic E-state index is -0.769. The van der Waals surface area contributed by atoms with Gasteiger partial charge < -0.3 is 4.74 Å². The Balaban J connectivity index is 2.32. The van der Waals surface area contributed by atoms with Gasteiger partial charge in [0.15, 0.2) is 6.04 Å². The Kier molecular flexibility index (Phi) is 5.99. The second kappa shape index (κ2) is 7.97. The Bertz CT molecular complexity index is 672. The van der Waals surface area contributed by atoms with Crippen LogP contribution in [0.2, 0.25) is 10.0 Å². The second-order valence-corrected chi connectivity index (χ2v) is 5.33. The maximum atomic E-state index is 12.1. The average Bonchev–Trinajstić information content (AvgIpc) is 2.52. The summed E-state index contributed by atoms with van der Waals surface area (Å²) in [6.07, 6.45) is 1.64. The van der Waals surface area contributed by atoms with Crippen LogP contribution in [0.5, 0.6) is 0 Å². The fourth-order valence-corrected chi connectivity index (χ4v) is 2.19. The van der Waals surface area contributed by atoms with E-state index in [2.05, 4.69) is 4.99 Å². The Hall–Kier alpha value is -1.84. The molecule has 2 aromatic rings. The lowest BCUT2D eigenvalue weighted by Crippen LogP contribution is -2.14. The third kappa shape index (κ3) is 4.33. The number of nitrogens with zero attached hydrogens (tertiary/aromatic N) is 1. The van der Waals surface area contributed by atoms with Crippen LogP contribution in [0.4, 0.5) is 0 Å². The van der Waals surface area contributed by atoms with Gasteiger partial charge in [0.25, 0.3) is 0 Å². The average molecular weight is 336 g/mol. The summed E-state index contributed by atoms with van der Waals surface area (Å²) in [5, 5.41) is 0.809. The number of esters is 1. The fourth-order valence-electron chi connectivity index (χ4n) is 1.89. The second-order valence-electron chi connectivity index (χ2n) is 4.52. The van der Waals surface area contributed by atoms with Crippen molar-refractivity contribution in [2.45, 2.75) is 13.0 Å². The van der Waals surface area contributed by atoms with Gasteiger partial charge in [0.1, 0.15) is 0 Å². The summed E-state index contributed by atoms with van der Waals surface area (Å²) in [6.45, 7) is 2.04. The van der Waals surface area contributed by atoms with Crippen LogP contribution in [0.15, 0.2) is 53.5 Å². The summed E-state index contributed by atoms with van der Waals surface area (Å²) in [5.74, 6) is -0.423. The molecule has 1 atom stereocenters. The van der Waals surface area contributed by atoms with Gasteiger partial charge in [0.2, 0.25) is 0 Å². The van der Waals surface area contributed by atoms with E-state index in [-0.39, 0.29) is 6.61 Å². The van der Waals surface area contributed by atoms with Crippen molar-refractivity contribution in [1.29, 1.82) is 0 Å². The Morgan fingerprint density at radius 1 is 1.18 bits per heavy atom. The lowest BCUT2D eigenvalue weighted by Gasteiger charge is -2.12. The Morgan fingerprint density at radius 2 is 1.91 bits per heavy atom. The van der Waals surface area contributed by atoms with Crippen LogP contribution in [0.25, 0.3) is 0 Å². The normalized spacial score (nSPS) is 12.3. The van der Waals surface area contributed by atoms with Crippen molar-refractivity contribution >= 4 is 35.4 Å². The molecule has 114 valence electrons. The molecule has 0 saturated carbocycles. The van der Waals surface area contributed by atoms with Gasteiger partial charge in [-0.15, -0.1) is 0 Å². The molecule has 0 aliphatic heterocycles. The van der Waals surface area contributed by atoms with Crippen LogP contribution >= 0.6 is 23.2 Å². The van der Waals surface area contributed by atoms with E-state index in [1.54, 1.807) is 31.3 Å². The quantitative estimate of drug-likeness (QED) is 0.585. The molecule has 5 heteroatoms. The maximum Gasteiger partial charge on any atom is 0.335 e. The van der Waals surface area contributed by atoms with Crippen LogP contribution in [-0.2, 0) is 9.53 Å². The lowest BCUT2D eigenvalue weighted by atomic mass is 10.1. The summed E-state index contributed by atoms with van der Waals surface area (Å²) < 4.78 is 5.09. The van der Waals surface area contributed by atoms with Crippen molar-refractivity contribution in [3.05, 3.63) is 69.7 Å². The number of carbonyl (C=O) groups is 1. The van der Waals surface area contributed by atoms with Crippen LogP contribution in [0.1, 0.15) is 24.1 Å². The molecule has 2 rings (SSSR count). The highest BCUT2D eigenvalue weighted by atomic mass is 35.5. The highest BCUT2D eigenvalue weighted by Gasteiger charge is 2.21.